The Hall–Kier alpha value is -3.10. The topological polar surface area (TPSA) is 113 Å². The van der Waals surface area contributed by atoms with Crippen LogP contribution in [0.25, 0.3) is 11.1 Å². The molecule has 0 spiro atoms. The minimum absolute atomic E-state index is 0.125. The highest BCUT2D eigenvalue weighted by atomic mass is 19.4. The van der Waals surface area contributed by atoms with Crippen molar-refractivity contribution in [3.8, 4) is 11.1 Å². The van der Waals surface area contributed by atoms with E-state index in [4.69, 9.17) is 10.8 Å². The Morgan fingerprint density at radius 1 is 1.13 bits per heavy atom. The molecule has 1 amide bonds. The first-order valence-corrected chi connectivity index (χ1v) is 6.09. The van der Waals surface area contributed by atoms with E-state index in [1.54, 1.807) is 0 Å². The maximum atomic E-state index is 13.0. The number of primary amides is 1. The number of aromatic nitrogens is 1. The fraction of sp³-hybridized carbons (Fsp3) is 0.0714. The highest BCUT2D eigenvalue weighted by molar-refractivity contribution is 5.95. The molecule has 23 heavy (non-hydrogen) atoms. The number of halogens is 3. The molecule has 1 aromatic heterocycles. The molecule has 0 aliphatic rings. The third-order valence-electron chi connectivity index (χ3n) is 3.04. The number of nitrogens with one attached hydrogen (secondary N) is 1. The van der Waals surface area contributed by atoms with Crippen LogP contribution in [0.3, 0.4) is 0 Å². The summed E-state index contributed by atoms with van der Waals surface area (Å²) in [6.07, 6.45) is -4.84. The van der Waals surface area contributed by atoms with Crippen molar-refractivity contribution in [3.05, 3.63) is 57.5 Å². The number of aromatic amines is 1. The molecular formula is C14H9F3N2O4. The lowest BCUT2D eigenvalue weighted by Crippen LogP contribution is -2.19. The van der Waals surface area contributed by atoms with Crippen LogP contribution in [0, 0.1) is 0 Å². The highest BCUT2D eigenvalue weighted by Gasteiger charge is 2.35. The van der Waals surface area contributed by atoms with Gasteiger partial charge in [-0.05, 0) is 29.8 Å². The van der Waals surface area contributed by atoms with Gasteiger partial charge in [-0.15, -0.1) is 0 Å². The molecule has 0 saturated heterocycles. The molecule has 0 saturated carbocycles. The molecule has 0 bridgehead atoms. The Labute approximate surface area is 126 Å². The summed E-state index contributed by atoms with van der Waals surface area (Å²) < 4.78 is 39.0. The van der Waals surface area contributed by atoms with Gasteiger partial charge < -0.3 is 15.8 Å². The van der Waals surface area contributed by atoms with Crippen molar-refractivity contribution >= 4 is 11.9 Å². The number of H-pyrrole nitrogens is 1. The molecule has 1 heterocycles. The van der Waals surface area contributed by atoms with Gasteiger partial charge in [-0.25, -0.2) is 4.79 Å². The van der Waals surface area contributed by atoms with Crippen LogP contribution in [0.2, 0.25) is 0 Å². The fourth-order valence-corrected chi connectivity index (χ4v) is 1.99. The van der Waals surface area contributed by atoms with E-state index in [2.05, 4.69) is 0 Å². The Morgan fingerprint density at radius 3 is 2.26 bits per heavy atom. The van der Waals surface area contributed by atoms with Crippen molar-refractivity contribution < 1.29 is 27.9 Å². The molecule has 0 aliphatic heterocycles. The van der Waals surface area contributed by atoms with Crippen molar-refractivity contribution in [2.45, 2.75) is 6.18 Å². The largest absolute Gasteiger partial charge is 0.477 e. The summed E-state index contributed by atoms with van der Waals surface area (Å²) in [5, 5.41) is 8.75. The van der Waals surface area contributed by atoms with Crippen LogP contribution < -0.4 is 11.3 Å². The number of aromatic carboxylic acids is 1. The molecule has 6 nitrogen and oxygen atoms in total. The van der Waals surface area contributed by atoms with Crippen LogP contribution in [0.5, 0.6) is 0 Å². The number of carbonyl (C=O) groups is 2. The SMILES string of the molecule is NC(=O)c1ccc(-c2ccc(C(=O)O)[nH]c2=O)cc1C(F)(F)F. The Bertz CT molecular complexity index is 856. The molecule has 9 heteroatoms. The summed E-state index contributed by atoms with van der Waals surface area (Å²) >= 11 is 0. The zero-order valence-electron chi connectivity index (χ0n) is 11.3. The number of carboxylic acid groups (broad SMARTS) is 1. The van der Waals surface area contributed by atoms with E-state index in [0.717, 1.165) is 24.3 Å². The van der Waals surface area contributed by atoms with E-state index >= 15 is 0 Å². The standard InChI is InChI=1S/C14H9F3N2O4/c15-14(16,17)9-5-6(1-2-8(9)11(18)20)7-3-4-10(13(22)23)19-12(7)21/h1-5H,(H2,18,20)(H,19,21)(H,22,23). The third-order valence-corrected chi connectivity index (χ3v) is 3.04. The summed E-state index contributed by atoms with van der Waals surface area (Å²) in [6.45, 7) is 0. The molecule has 1 aromatic carbocycles. The predicted molar refractivity (Wildman–Crippen MR) is 73.0 cm³/mol. The monoisotopic (exact) mass is 326 g/mol. The summed E-state index contributed by atoms with van der Waals surface area (Å²) in [6, 6.07) is 4.74. The van der Waals surface area contributed by atoms with Gasteiger partial charge in [-0.1, -0.05) is 6.07 Å². The van der Waals surface area contributed by atoms with Gasteiger partial charge in [0.15, 0.2) is 0 Å². The second kappa shape index (κ2) is 5.59. The molecular weight excluding hydrogens is 317 g/mol. The number of nitrogens with two attached hydrogens (primary N) is 1. The summed E-state index contributed by atoms with van der Waals surface area (Å²) in [7, 11) is 0. The molecule has 2 aromatic rings. The van der Waals surface area contributed by atoms with Gasteiger partial charge in [0.2, 0.25) is 5.91 Å². The number of carbonyl (C=O) groups excluding carboxylic acids is 1. The van der Waals surface area contributed by atoms with Crippen molar-refractivity contribution in [2.75, 3.05) is 0 Å². The lowest BCUT2D eigenvalue weighted by atomic mass is 9.99. The van der Waals surface area contributed by atoms with E-state index in [-0.39, 0.29) is 11.1 Å². The van der Waals surface area contributed by atoms with Gasteiger partial charge in [-0.3, -0.25) is 9.59 Å². The number of pyridine rings is 1. The first-order valence-electron chi connectivity index (χ1n) is 6.09. The second-order valence-corrected chi connectivity index (χ2v) is 4.54. The normalized spacial score (nSPS) is 11.3. The average molecular weight is 326 g/mol. The van der Waals surface area contributed by atoms with Crippen LogP contribution >= 0.6 is 0 Å². The lowest BCUT2D eigenvalue weighted by molar-refractivity contribution is -0.137. The van der Waals surface area contributed by atoms with E-state index < -0.39 is 40.4 Å². The smallest absolute Gasteiger partial charge is 0.417 e. The first kappa shape index (κ1) is 16.3. The van der Waals surface area contributed by atoms with E-state index in [9.17, 15) is 27.6 Å². The molecule has 0 unspecified atom stereocenters. The minimum Gasteiger partial charge on any atom is -0.477 e. The Balaban J connectivity index is 2.64. The Morgan fingerprint density at radius 2 is 1.78 bits per heavy atom. The molecule has 0 fully saturated rings. The molecule has 0 atom stereocenters. The summed E-state index contributed by atoms with van der Waals surface area (Å²) in [4.78, 5) is 35.7. The number of hydrogen-bond acceptors (Lipinski definition) is 3. The molecule has 120 valence electrons. The van der Waals surface area contributed by atoms with Gasteiger partial charge in [0, 0.05) is 5.56 Å². The molecule has 0 aliphatic carbocycles. The van der Waals surface area contributed by atoms with Crippen molar-refractivity contribution in [1.29, 1.82) is 0 Å². The summed E-state index contributed by atoms with van der Waals surface area (Å²) in [5.41, 5.74) is 1.35. The van der Waals surface area contributed by atoms with Gasteiger partial charge in [0.05, 0.1) is 11.1 Å². The maximum Gasteiger partial charge on any atom is 0.417 e. The number of carboxylic acids is 1. The van der Waals surface area contributed by atoms with Crippen LogP contribution in [0.1, 0.15) is 26.4 Å². The number of amides is 1. The lowest BCUT2D eigenvalue weighted by Gasteiger charge is -2.12. The van der Waals surface area contributed by atoms with Gasteiger partial charge in [-0.2, -0.15) is 13.2 Å². The zero-order valence-corrected chi connectivity index (χ0v) is 11.3. The number of hydrogen-bond donors (Lipinski definition) is 3. The maximum absolute atomic E-state index is 13.0. The number of alkyl halides is 3. The van der Waals surface area contributed by atoms with Crippen molar-refractivity contribution in [3.63, 3.8) is 0 Å². The minimum atomic E-state index is -4.84. The zero-order chi connectivity index (χ0) is 17.4. The number of benzene rings is 1. The van der Waals surface area contributed by atoms with Crippen LogP contribution in [-0.4, -0.2) is 22.0 Å². The van der Waals surface area contributed by atoms with Gasteiger partial charge in [0.1, 0.15) is 5.69 Å². The fourth-order valence-electron chi connectivity index (χ4n) is 1.99. The van der Waals surface area contributed by atoms with Crippen LogP contribution in [0.4, 0.5) is 13.2 Å². The van der Waals surface area contributed by atoms with E-state index in [0.29, 0.717) is 6.07 Å². The summed E-state index contributed by atoms with van der Waals surface area (Å²) in [5.74, 6) is -2.63. The molecule has 0 radical (unpaired) electrons. The molecule has 2 rings (SSSR count). The van der Waals surface area contributed by atoms with Crippen LogP contribution in [0.15, 0.2) is 35.1 Å². The van der Waals surface area contributed by atoms with E-state index in [1.807, 2.05) is 4.98 Å². The third kappa shape index (κ3) is 3.23. The quantitative estimate of drug-likeness (QED) is 0.799. The van der Waals surface area contributed by atoms with Crippen molar-refractivity contribution in [2.24, 2.45) is 5.73 Å². The predicted octanol–water partition coefficient (Wildman–Crippen LogP) is 1.86. The first-order chi connectivity index (χ1) is 10.6. The molecule has 4 N–H and O–H groups in total. The van der Waals surface area contributed by atoms with E-state index in [1.165, 1.54) is 0 Å². The number of rotatable bonds is 3. The van der Waals surface area contributed by atoms with Crippen LogP contribution in [-0.2, 0) is 6.18 Å². The van der Waals surface area contributed by atoms with Crippen molar-refractivity contribution in [1.82, 2.24) is 4.98 Å². The second-order valence-electron chi connectivity index (χ2n) is 4.54. The average Bonchev–Trinajstić information content (AvgIpc) is 2.45. The Kier molecular flexibility index (Phi) is 3.96. The highest BCUT2D eigenvalue weighted by Crippen LogP contribution is 2.34. The van der Waals surface area contributed by atoms with Gasteiger partial charge in [0.25, 0.3) is 5.56 Å². The van der Waals surface area contributed by atoms with Gasteiger partial charge >= 0.3 is 12.1 Å².